The normalized spacial score (nSPS) is 10.9. The van der Waals surface area contributed by atoms with Gasteiger partial charge in [0.05, 0.1) is 11.3 Å². The number of nitrogens with zero attached hydrogens (tertiary/aromatic N) is 5. The van der Waals surface area contributed by atoms with Gasteiger partial charge in [0.25, 0.3) is 0 Å². The number of hydrogen-bond acceptors (Lipinski definition) is 8. The van der Waals surface area contributed by atoms with Crippen LogP contribution in [0, 0.1) is 17.4 Å². The number of nitrogens with one attached hydrogen (secondary N) is 2. The Kier molecular flexibility index (Phi) is 7.43. The predicted octanol–water partition coefficient (Wildman–Crippen LogP) is 7.95. The number of benzene rings is 3. The van der Waals surface area contributed by atoms with Crippen LogP contribution in [-0.2, 0) is 0 Å². The number of hydrogen-bond donors (Lipinski definition) is 2. The molecule has 0 saturated carbocycles. The van der Waals surface area contributed by atoms with Gasteiger partial charge in [-0.05, 0) is 102 Å². The summed E-state index contributed by atoms with van der Waals surface area (Å²) in [7, 11) is 1.78. The monoisotopic (exact) mass is 651 g/mol. The predicted molar refractivity (Wildman–Crippen MR) is 172 cm³/mol. The first-order valence-electron chi connectivity index (χ1n) is 13.0. The number of aromatic nitrogens is 5. The fourth-order valence-electron chi connectivity index (χ4n) is 4.50. The molecule has 0 aliphatic heterocycles. The molecule has 0 saturated heterocycles. The lowest BCUT2D eigenvalue weighted by atomic mass is 10.0. The largest absolute Gasteiger partial charge is 0.438 e. The molecule has 0 unspecified atom stereocenters. The Bertz CT molecular complexity index is 1880. The molecule has 6 aromatic rings. The fourth-order valence-corrected chi connectivity index (χ4v) is 5.25. The third-order valence-corrected chi connectivity index (χ3v) is 7.69. The second-order valence-corrected chi connectivity index (χ2v) is 10.6. The van der Waals surface area contributed by atoms with E-state index in [0.29, 0.717) is 23.4 Å². The minimum absolute atomic E-state index is 0.460. The minimum atomic E-state index is 0.460. The number of pyridine rings is 1. The van der Waals surface area contributed by atoms with Crippen molar-refractivity contribution in [2.45, 2.75) is 13.8 Å². The van der Waals surface area contributed by atoms with Crippen molar-refractivity contribution in [3.05, 3.63) is 106 Å². The first kappa shape index (κ1) is 26.6. The van der Waals surface area contributed by atoms with Gasteiger partial charge in [-0.25, -0.2) is 15.0 Å². The number of fused-ring (bicyclic) bond motifs is 1. The number of rotatable bonds is 7. The Morgan fingerprint density at radius 1 is 0.805 bits per heavy atom. The molecule has 0 aliphatic rings. The van der Waals surface area contributed by atoms with Crippen LogP contribution in [0.2, 0.25) is 0 Å². The molecule has 0 fully saturated rings. The van der Waals surface area contributed by atoms with Crippen LogP contribution in [0.15, 0.2) is 91.3 Å². The van der Waals surface area contributed by atoms with Crippen molar-refractivity contribution in [3.63, 3.8) is 0 Å². The number of ether oxygens (including phenoxy) is 1. The molecule has 3 aromatic carbocycles. The summed E-state index contributed by atoms with van der Waals surface area (Å²) in [5.41, 5.74) is 6.76. The quantitative estimate of drug-likeness (QED) is 0.168. The molecule has 0 atom stereocenters. The maximum Gasteiger partial charge on any atom is 0.228 e. The van der Waals surface area contributed by atoms with E-state index < -0.39 is 0 Å². The molecule has 0 aliphatic carbocycles. The summed E-state index contributed by atoms with van der Waals surface area (Å²) in [4.78, 5) is 13.2. The number of aryl methyl sites for hydroxylation is 2. The summed E-state index contributed by atoms with van der Waals surface area (Å²) >= 11 is 2.37. The first-order valence-corrected chi connectivity index (χ1v) is 14.1. The molecule has 6 rings (SSSR count). The number of anilines is 3. The molecule has 3 aromatic heterocycles. The van der Waals surface area contributed by atoms with E-state index in [4.69, 9.17) is 4.74 Å². The Morgan fingerprint density at radius 3 is 2.46 bits per heavy atom. The summed E-state index contributed by atoms with van der Waals surface area (Å²) in [6.45, 7) is 4.23. The minimum Gasteiger partial charge on any atom is -0.438 e. The molecule has 0 amide bonds. The highest BCUT2D eigenvalue weighted by Gasteiger charge is 2.15. The third-order valence-electron chi connectivity index (χ3n) is 6.79. The summed E-state index contributed by atoms with van der Waals surface area (Å²) < 4.78 is 7.28. The van der Waals surface area contributed by atoms with E-state index >= 15 is 0 Å². The molecule has 0 bridgehead atoms. The summed E-state index contributed by atoms with van der Waals surface area (Å²) in [6.07, 6.45) is 3.40. The lowest BCUT2D eigenvalue weighted by molar-refractivity contribution is 0.465. The van der Waals surface area contributed by atoms with Crippen molar-refractivity contribution in [2.24, 2.45) is 0 Å². The molecule has 0 radical (unpaired) electrons. The molecular weight excluding hydrogens is 625 g/mol. The zero-order chi connectivity index (χ0) is 28.3. The summed E-state index contributed by atoms with van der Waals surface area (Å²) in [5, 5.41) is 17.7. The van der Waals surface area contributed by atoms with Crippen molar-refractivity contribution < 1.29 is 4.74 Å². The van der Waals surface area contributed by atoms with Gasteiger partial charge < -0.3 is 15.4 Å². The molecule has 2 N–H and O–H groups in total. The van der Waals surface area contributed by atoms with Crippen LogP contribution >= 0.6 is 22.6 Å². The zero-order valence-corrected chi connectivity index (χ0v) is 24.8. The lowest BCUT2D eigenvalue weighted by Gasteiger charge is -2.14. The zero-order valence-electron chi connectivity index (χ0n) is 22.7. The Labute approximate surface area is 251 Å². The molecular formula is C32H26IN7O. The smallest absolute Gasteiger partial charge is 0.228 e. The van der Waals surface area contributed by atoms with Gasteiger partial charge in [0.1, 0.15) is 11.4 Å². The van der Waals surface area contributed by atoms with E-state index in [0.717, 1.165) is 42.5 Å². The van der Waals surface area contributed by atoms with E-state index in [-0.39, 0.29) is 0 Å². The maximum absolute atomic E-state index is 6.16. The molecule has 8 nitrogen and oxygen atoms in total. The van der Waals surface area contributed by atoms with E-state index in [9.17, 15) is 0 Å². The highest BCUT2D eigenvalue weighted by molar-refractivity contribution is 14.1. The standard InChI is InChI=1S/C32H26IN7O/c1-19-9-10-21(18-20(19)2)29-28-25(6-4-8-26(28)33)30(40-39-29)37-22-11-13-23(14-12-22)41-31-24(7-5-16-35-31)27-15-17-36-32(34-3)38-27/h4-18H,1-3H3,(H,37,40)(H,34,36,38). The van der Waals surface area contributed by atoms with Crippen LogP contribution in [0.1, 0.15) is 11.1 Å². The van der Waals surface area contributed by atoms with E-state index in [2.05, 4.69) is 103 Å². The van der Waals surface area contributed by atoms with Crippen LogP contribution < -0.4 is 15.4 Å². The molecule has 0 spiro atoms. The van der Waals surface area contributed by atoms with Crippen LogP contribution in [-0.4, -0.2) is 32.2 Å². The molecule has 9 heteroatoms. The highest BCUT2D eigenvalue weighted by Crippen LogP contribution is 2.36. The van der Waals surface area contributed by atoms with Crippen molar-refractivity contribution >= 4 is 50.8 Å². The van der Waals surface area contributed by atoms with Crippen LogP contribution in [0.4, 0.5) is 17.5 Å². The summed E-state index contributed by atoms with van der Waals surface area (Å²) in [5.74, 6) is 2.33. The first-order chi connectivity index (χ1) is 20.0. The van der Waals surface area contributed by atoms with Gasteiger partial charge in [-0.3, -0.25) is 0 Å². The van der Waals surface area contributed by atoms with Crippen LogP contribution in [0.3, 0.4) is 0 Å². The molecule has 41 heavy (non-hydrogen) atoms. The average Bonchev–Trinajstić information content (AvgIpc) is 3.00. The van der Waals surface area contributed by atoms with Crippen molar-refractivity contribution in [1.29, 1.82) is 0 Å². The van der Waals surface area contributed by atoms with Crippen molar-refractivity contribution in [2.75, 3.05) is 17.7 Å². The molecule has 202 valence electrons. The second-order valence-electron chi connectivity index (χ2n) is 9.48. The van der Waals surface area contributed by atoms with E-state index in [1.54, 1.807) is 19.4 Å². The highest BCUT2D eigenvalue weighted by atomic mass is 127. The fraction of sp³-hybridized carbons (Fsp3) is 0.0938. The van der Waals surface area contributed by atoms with E-state index in [1.165, 1.54) is 11.1 Å². The van der Waals surface area contributed by atoms with Gasteiger partial charge in [0.15, 0.2) is 5.82 Å². The second kappa shape index (κ2) is 11.5. The number of halogens is 1. The van der Waals surface area contributed by atoms with Crippen molar-refractivity contribution in [1.82, 2.24) is 25.1 Å². The average molecular weight is 652 g/mol. The lowest BCUT2D eigenvalue weighted by Crippen LogP contribution is -2.01. The van der Waals surface area contributed by atoms with Crippen LogP contribution in [0.5, 0.6) is 11.6 Å². The van der Waals surface area contributed by atoms with E-state index in [1.807, 2.05) is 48.5 Å². The Balaban J connectivity index is 1.28. The van der Waals surface area contributed by atoms with Gasteiger partial charge in [0, 0.05) is 45.0 Å². The maximum atomic E-state index is 6.16. The summed E-state index contributed by atoms with van der Waals surface area (Å²) in [6, 6.07) is 25.9. The van der Waals surface area contributed by atoms with Crippen molar-refractivity contribution in [3.8, 4) is 34.1 Å². The molecule has 3 heterocycles. The Hall–Kier alpha value is -4.64. The van der Waals surface area contributed by atoms with Crippen LogP contribution in [0.25, 0.3) is 33.3 Å². The van der Waals surface area contributed by atoms with Gasteiger partial charge in [-0.15, -0.1) is 10.2 Å². The van der Waals surface area contributed by atoms with Gasteiger partial charge in [-0.1, -0.05) is 24.3 Å². The Morgan fingerprint density at radius 2 is 1.66 bits per heavy atom. The topological polar surface area (TPSA) is 97.7 Å². The van der Waals surface area contributed by atoms with Gasteiger partial charge >= 0.3 is 0 Å². The van der Waals surface area contributed by atoms with Gasteiger partial charge in [-0.2, -0.15) is 0 Å². The SMILES string of the molecule is CNc1nccc(-c2cccnc2Oc2ccc(Nc3nnc(-c4ccc(C)c(C)c4)c4c(I)cccc34)cc2)n1. The third kappa shape index (κ3) is 5.53. The van der Waals surface area contributed by atoms with Gasteiger partial charge in [0.2, 0.25) is 11.8 Å².